The van der Waals surface area contributed by atoms with Crippen molar-refractivity contribution in [3.8, 4) is 0 Å². The maximum absolute atomic E-state index is 12.9. The molecule has 0 fully saturated rings. The van der Waals surface area contributed by atoms with Crippen molar-refractivity contribution >= 4 is 26.7 Å². The fraction of sp³-hybridized carbons (Fsp3) is 0.125. The smallest absolute Gasteiger partial charge is 0.239 e. The lowest BCUT2D eigenvalue weighted by Crippen LogP contribution is -2.27. The first kappa shape index (κ1) is 15.4. The van der Waals surface area contributed by atoms with E-state index in [0.717, 1.165) is 0 Å². The Labute approximate surface area is 133 Å². The zero-order chi connectivity index (χ0) is 16.4. The molecule has 7 heteroatoms. The Morgan fingerprint density at radius 2 is 1.65 bits per heavy atom. The Morgan fingerprint density at radius 1 is 1.00 bits per heavy atom. The molecule has 0 aliphatic heterocycles. The second-order valence-corrected chi connectivity index (χ2v) is 7.08. The first-order chi connectivity index (χ1) is 11.0. The molecular formula is C16H14FN3O2S. The van der Waals surface area contributed by atoms with Gasteiger partial charge in [-0.1, -0.05) is 12.1 Å². The number of fused-ring (bicyclic) bond motifs is 1. The van der Waals surface area contributed by atoms with Crippen molar-refractivity contribution in [3.63, 3.8) is 0 Å². The quantitative estimate of drug-likeness (QED) is 0.737. The lowest BCUT2D eigenvalue weighted by atomic mass is 10.2. The predicted octanol–water partition coefficient (Wildman–Crippen LogP) is 2.74. The third kappa shape index (κ3) is 3.29. The molecule has 0 aliphatic carbocycles. The molecule has 1 aromatic heterocycles. The molecule has 0 unspecified atom stereocenters. The molecule has 3 rings (SSSR count). The Morgan fingerprint density at radius 3 is 2.35 bits per heavy atom. The van der Waals surface area contributed by atoms with Gasteiger partial charge in [-0.05, 0) is 35.9 Å². The van der Waals surface area contributed by atoms with Gasteiger partial charge in [0.25, 0.3) is 0 Å². The van der Waals surface area contributed by atoms with Crippen LogP contribution in [0.5, 0.6) is 0 Å². The number of benzene rings is 2. The minimum absolute atomic E-state index is 0.206. The van der Waals surface area contributed by atoms with Gasteiger partial charge in [0.15, 0.2) is 0 Å². The molecule has 0 atom stereocenters. The van der Waals surface area contributed by atoms with E-state index in [1.165, 1.54) is 35.6 Å². The number of nitrogens with zero attached hydrogens (tertiary/aromatic N) is 3. The highest BCUT2D eigenvalue weighted by molar-refractivity contribution is 7.92. The Hall–Kier alpha value is -2.54. The van der Waals surface area contributed by atoms with Gasteiger partial charge in [-0.25, -0.2) is 12.8 Å². The monoisotopic (exact) mass is 331 g/mol. The van der Waals surface area contributed by atoms with Gasteiger partial charge in [-0.3, -0.25) is 14.3 Å². The lowest BCUT2D eigenvalue weighted by molar-refractivity contribution is 0.593. The summed E-state index contributed by atoms with van der Waals surface area (Å²) in [6, 6.07) is 10.5. The van der Waals surface area contributed by atoms with E-state index in [1.807, 2.05) is 0 Å². The van der Waals surface area contributed by atoms with E-state index in [-0.39, 0.29) is 5.75 Å². The topological polar surface area (TPSA) is 63.2 Å². The Kier molecular flexibility index (Phi) is 3.96. The van der Waals surface area contributed by atoms with E-state index < -0.39 is 15.8 Å². The molecular weight excluding hydrogens is 317 g/mol. The average molecular weight is 331 g/mol. The molecule has 0 radical (unpaired) electrons. The minimum atomic E-state index is -3.59. The zero-order valence-corrected chi connectivity index (χ0v) is 13.2. The van der Waals surface area contributed by atoms with Gasteiger partial charge in [0.05, 0.1) is 22.5 Å². The summed E-state index contributed by atoms with van der Waals surface area (Å²) in [6.07, 6.45) is 3.14. The van der Waals surface area contributed by atoms with Gasteiger partial charge in [0.1, 0.15) is 5.82 Å². The Bertz CT molecular complexity index is 943. The molecule has 0 bridgehead atoms. The standard InChI is InChI=1S/C16H14FN3O2S/c1-20(14-6-7-15-16(10-14)19-9-8-18-15)23(21,22)11-12-2-4-13(17)5-3-12/h2-10H,11H2,1H3. The second kappa shape index (κ2) is 5.92. The van der Waals surface area contributed by atoms with E-state index in [1.54, 1.807) is 30.6 Å². The van der Waals surface area contributed by atoms with Gasteiger partial charge in [-0.2, -0.15) is 0 Å². The number of hydrogen-bond acceptors (Lipinski definition) is 4. The summed E-state index contributed by atoms with van der Waals surface area (Å²) in [5, 5.41) is 0. The van der Waals surface area contributed by atoms with Crippen LogP contribution in [0, 0.1) is 5.82 Å². The predicted molar refractivity (Wildman–Crippen MR) is 87.0 cm³/mol. The normalized spacial score (nSPS) is 11.6. The molecule has 0 N–H and O–H groups in total. The molecule has 0 aliphatic rings. The van der Waals surface area contributed by atoms with Gasteiger partial charge in [0.2, 0.25) is 10.0 Å². The van der Waals surface area contributed by atoms with E-state index in [9.17, 15) is 12.8 Å². The third-order valence-corrected chi connectivity index (χ3v) is 5.24. The van der Waals surface area contributed by atoms with Gasteiger partial charge >= 0.3 is 0 Å². The van der Waals surface area contributed by atoms with Crippen LogP contribution < -0.4 is 4.31 Å². The van der Waals surface area contributed by atoms with Crippen LogP contribution in [0.15, 0.2) is 54.9 Å². The maximum Gasteiger partial charge on any atom is 0.239 e. The highest BCUT2D eigenvalue weighted by Crippen LogP contribution is 2.22. The highest BCUT2D eigenvalue weighted by Gasteiger charge is 2.19. The molecule has 0 spiro atoms. The van der Waals surface area contributed by atoms with Crippen LogP contribution in [0.2, 0.25) is 0 Å². The second-order valence-electron chi connectivity index (χ2n) is 5.08. The van der Waals surface area contributed by atoms with Crippen molar-refractivity contribution in [2.24, 2.45) is 0 Å². The number of rotatable bonds is 4. The minimum Gasteiger partial charge on any atom is -0.273 e. The van der Waals surface area contributed by atoms with Crippen LogP contribution in [0.1, 0.15) is 5.56 Å². The van der Waals surface area contributed by atoms with Crippen molar-refractivity contribution in [1.82, 2.24) is 9.97 Å². The van der Waals surface area contributed by atoms with Crippen LogP contribution in [0.4, 0.5) is 10.1 Å². The first-order valence-corrected chi connectivity index (χ1v) is 8.48. The van der Waals surface area contributed by atoms with Crippen molar-refractivity contribution in [3.05, 3.63) is 66.2 Å². The van der Waals surface area contributed by atoms with E-state index in [2.05, 4.69) is 9.97 Å². The number of halogens is 1. The van der Waals surface area contributed by atoms with Gasteiger partial charge in [0, 0.05) is 19.4 Å². The number of sulfonamides is 1. The molecule has 23 heavy (non-hydrogen) atoms. The van der Waals surface area contributed by atoms with Gasteiger partial charge < -0.3 is 0 Å². The Balaban J connectivity index is 1.90. The molecule has 118 valence electrons. The van der Waals surface area contributed by atoms with Crippen molar-refractivity contribution in [1.29, 1.82) is 0 Å². The molecule has 5 nitrogen and oxygen atoms in total. The van der Waals surface area contributed by atoms with E-state index in [4.69, 9.17) is 0 Å². The number of hydrogen-bond donors (Lipinski definition) is 0. The van der Waals surface area contributed by atoms with E-state index in [0.29, 0.717) is 22.3 Å². The van der Waals surface area contributed by atoms with Crippen LogP contribution in [0.3, 0.4) is 0 Å². The largest absolute Gasteiger partial charge is 0.273 e. The van der Waals surface area contributed by atoms with E-state index >= 15 is 0 Å². The van der Waals surface area contributed by atoms with Crippen molar-refractivity contribution in [2.45, 2.75) is 5.75 Å². The summed E-state index contributed by atoms with van der Waals surface area (Å²) in [4.78, 5) is 8.33. The molecule has 0 saturated carbocycles. The molecule has 0 amide bonds. The fourth-order valence-corrected chi connectivity index (χ4v) is 3.44. The van der Waals surface area contributed by atoms with Crippen LogP contribution in [-0.4, -0.2) is 25.4 Å². The first-order valence-electron chi connectivity index (χ1n) is 6.87. The van der Waals surface area contributed by atoms with Gasteiger partial charge in [-0.15, -0.1) is 0 Å². The summed E-state index contributed by atoms with van der Waals surface area (Å²) in [6.45, 7) is 0. The highest BCUT2D eigenvalue weighted by atomic mass is 32.2. The summed E-state index contributed by atoms with van der Waals surface area (Å²) in [7, 11) is -2.10. The fourth-order valence-electron chi connectivity index (χ4n) is 2.20. The number of aromatic nitrogens is 2. The summed E-state index contributed by atoms with van der Waals surface area (Å²) in [5.41, 5.74) is 2.34. The van der Waals surface area contributed by atoms with Crippen molar-refractivity contribution in [2.75, 3.05) is 11.4 Å². The number of anilines is 1. The molecule has 1 heterocycles. The summed E-state index contributed by atoms with van der Waals surface area (Å²) in [5.74, 6) is -0.602. The average Bonchev–Trinajstić information content (AvgIpc) is 2.55. The third-order valence-electron chi connectivity index (χ3n) is 3.50. The van der Waals surface area contributed by atoms with Crippen LogP contribution in [-0.2, 0) is 15.8 Å². The molecule has 3 aromatic rings. The van der Waals surface area contributed by atoms with Crippen LogP contribution >= 0.6 is 0 Å². The summed E-state index contributed by atoms with van der Waals surface area (Å²) < 4.78 is 39.2. The maximum atomic E-state index is 12.9. The SMILES string of the molecule is CN(c1ccc2nccnc2c1)S(=O)(=O)Cc1ccc(F)cc1. The van der Waals surface area contributed by atoms with Crippen LogP contribution in [0.25, 0.3) is 11.0 Å². The molecule has 2 aromatic carbocycles. The zero-order valence-electron chi connectivity index (χ0n) is 12.3. The molecule has 0 saturated heterocycles. The van der Waals surface area contributed by atoms with Crippen molar-refractivity contribution < 1.29 is 12.8 Å². The lowest BCUT2D eigenvalue weighted by Gasteiger charge is -2.19. The summed E-state index contributed by atoms with van der Waals surface area (Å²) >= 11 is 0.